The Hall–Kier alpha value is -3.40. The van der Waals surface area contributed by atoms with Gasteiger partial charge in [-0.15, -0.1) is 0 Å². The Labute approximate surface area is 144 Å². The average molecular weight is 328 g/mol. The van der Waals surface area contributed by atoms with E-state index in [2.05, 4.69) is 29.2 Å². The number of nitrogens with zero attached hydrogens (tertiary/aromatic N) is 1. The van der Waals surface area contributed by atoms with Crippen molar-refractivity contribution in [2.45, 2.75) is 6.42 Å². The maximum Gasteiger partial charge on any atom is 0.270 e. The number of rotatable bonds is 4. The largest absolute Gasteiger partial charge is 0.361 e. The Kier molecular flexibility index (Phi) is 3.78. The molecule has 4 nitrogen and oxygen atoms in total. The third-order valence-corrected chi connectivity index (χ3v) is 4.34. The highest BCUT2D eigenvalue weighted by Gasteiger charge is 2.12. The van der Waals surface area contributed by atoms with Crippen LogP contribution in [0.1, 0.15) is 11.1 Å². The molecule has 0 amide bonds. The molecule has 122 valence electrons. The molecule has 0 spiro atoms. The van der Waals surface area contributed by atoms with Crippen LogP contribution in [0.25, 0.3) is 22.0 Å². The third kappa shape index (κ3) is 3.02. The number of benzene rings is 3. The smallest absolute Gasteiger partial charge is 0.270 e. The Morgan fingerprint density at radius 2 is 1.72 bits per heavy atom. The fourth-order valence-electron chi connectivity index (χ4n) is 3.18. The van der Waals surface area contributed by atoms with Gasteiger partial charge in [-0.2, -0.15) is 0 Å². The minimum Gasteiger partial charge on any atom is -0.361 e. The first-order valence-electron chi connectivity index (χ1n) is 8.09. The van der Waals surface area contributed by atoms with Crippen molar-refractivity contribution >= 4 is 16.6 Å². The Bertz CT molecular complexity index is 1050. The molecule has 0 aliphatic rings. The van der Waals surface area contributed by atoms with Crippen LogP contribution >= 0.6 is 0 Å². The van der Waals surface area contributed by atoms with Gasteiger partial charge in [0.25, 0.3) is 5.69 Å². The number of nitrogens with one attached hydrogen (secondary N) is 1. The molecule has 0 radical (unpaired) electrons. The van der Waals surface area contributed by atoms with E-state index in [0.717, 1.165) is 28.5 Å². The lowest BCUT2D eigenvalue weighted by Crippen LogP contribution is -1.92. The number of hydrogen-bond acceptors (Lipinski definition) is 2. The van der Waals surface area contributed by atoms with E-state index in [1.165, 1.54) is 17.2 Å². The van der Waals surface area contributed by atoms with Gasteiger partial charge in [-0.3, -0.25) is 10.1 Å². The molecule has 4 rings (SSSR count). The van der Waals surface area contributed by atoms with E-state index in [9.17, 15) is 10.1 Å². The first-order valence-corrected chi connectivity index (χ1v) is 8.09. The quantitative estimate of drug-likeness (QED) is 0.406. The molecule has 0 saturated carbocycles. The summed E-state index contributed by atoms with van der Waals surface area (Å²) < 4.78 is 0. The summed E-state index contributed by atoms with van der Waals surface area (Å²) >= 11 is 0. The topological polar surface area (TPSA) is 58.9 Å². The van der Waals surface area contributed by atoms with Crippen LogP contribution in [0, 0.1) is 10.1 Å². The van der Waals surface area contributed by atoms with Crippen LogP contribution in [-0.4, -0.2) is 9.91 Å². The number of non-ortho nitro benzene ring substituents is 1. The molecule has 0 bridgehead atoms. The lowest BCUT2D eigenvalue weighted by Gasteiger charge is -2.09. The van der Waals surface area contributed by atoms with Crippen molar-refractivity contribution in [3.8, 4) is 11.1 Å². The first kappa shape index (κ1) is 15.1. The number of H-pyrrole nitrogens is 1. The predicted octanol–water partition coefficient (Wildman–Crippen LogP) is 5.33. The summed E-state index contributed by atoms with van der Waals surface area (Å²) in [5, 5.41) is 12.2. The summed E-state index contributed by atoms with van der Waals surface area (Å²) in [6.45, 7) is 0. The van der Waals surface area contributed by atoms with Gasteiger partial charge in [-0.25, -0.2) is 0 Å². The summed E-state index contributed by atoms with van der Waals surface area (Å²) in [4.78, 5) is 14.0. The molecule has 3 aromatic carbocycles. The monoisotopic (exact) mass is 328 g/mol. The summed E-state index contributed by atoms with van der Waals surface area (Å²) in [6.07, 6.45) is 2.72. The van der Waals surface area contributed by atoms with E-state index in [-0.39, 0.29) is 10.6 Å². The number of nitro benzene ring substituents is 1. The minimum absolute atomic E-state index is 0.102. The number of nitro groups is 1. The van der Waals surface area contributed by atoms with Crippen molar-refractivity contribution in [2.24, 2.45) is 0 Å². The molecule has 25 heavy (non-hydrogen) atoms. The van der Waals surface area contributed by atoms with Crippen molar-refractivity contribution in [3.05, 3.63) is 100 Å². The first-order chi connectivity index (χ1) is 12.2. The van der Waals surface area contributed by atoms with Crippen molar-refractivity contribution < 1.29 is 4.92 Å². The van der Waals surface area contributed by atoms with E-state index in [0.29, 0.717) is 0 Å². The Balaban J connectivity index is 1.84. The van der Waals surface area contributed by atoms with Gasteiger partial charge in [0, 0.05) is 29.3 Å². The second-order valence-electron chi connectivity index (χ2n) is 6.06. The number of fused-ring (bicyclic) bond motifs is 1. The van der Waals surface area contributed by atoms with Crippen molar-refractivity contribution in [3.63, 3.8) is 0 Å². The van der Waals surface area contributed by atoms with Crippen molar-refractivity contribution in [2.75, 3.05) is 0 Å². The van der Waals surface area contributed by atoms with Gasteiger partial charge in [-0.05, 0) is 41.3 Å². The highest BCUT2D eigenvalue weighted by Crippen LogP contribution is 2.32. The van der Waals surface area contributed by atoms with E-state index >= 15 is 0 Å². The lowest BCUT2D eigenvalue weighted by molar-refractivity contribution is -0.384. The minimum atomic E-state index is -0.358. The highest BCUT2D eigenvalue weighted by molar-refractivity contribution is 5.95. The molecule has 4 heteroatoms. The number of aromatic amines is 1. The Morgan fingerprint density at radius 1 is 0.880 bits per heavy atom. The van der Waals surface area contributed by atoms with E-state index < -0.39 is 0 Å². The van der Waals surface area contributed by atoms with Crippen LogP contribution in [0.2, 0.25) is 0 Å². The standard InChI is InChI=1S/C21H16N2O2/c24-23(25)19-8-4-7-17(14-19)20-13-16(11-15-5-2-1-3-6-15)12-18-9-10-22-21(18)20/h1-10,12-14,22H,11H2. The van der Waals surface area contributed by atoms with Crippen molar-refractivity contribution in [1.29, 1.82) is 0 Å². The van der Waals surface area contributed by atoms with Crippen LogP contribution < -0.4 is 0 Å². The number of aromatic nitrogens is 1. The van der Waals surface area contributed by atoms with Crippen LogP contribution in [0.15, 0.2) is 79.0 Å². The molecule has 0 saturated heterocycles. The fraction of sp³-hybridized carbons (Fsp3) is 0.0476. The van der Waals surface area contributed by atoms with Crippen LogP contribution in [0.5, 0.6) is 0 Å². The third-order valence-electron chi connectivity index (χ3n) is 4.34. The maximum absolute atomic E-state index is 11.1. The SMILES string of the molecule is O=[N+]([O-])c1cccc(-c2cc(Cc3ccccc3)cc3cc[nH]c23)c1. The zero-order chi connectivity index (χ0) is 17.2. The van der Waals surface area contributed by atoms with Crippen LogP contribution in [-0.2, 0) is 6.42 Å². The molecule has 0 atom stereocenters. The molecular formula is C21H16N2O2. The molecular weight excluding hydrogens is 312 g/mol. The molecule has 0 aliphatic heterocycles. The molecule has 4 aromatic rings. The molecule has 0 fully saturated rings. The van der Waals surface area contributed by atoms with Gasteiger partial charge in [0.15, 0.2) is 0 Å². The molecule has 0 aliphatic carbocycles. The van der Waals surface area contributed by atoms with Gasteiger partial charge in [0.05, 0.1) is 10.4 Å². The number of hydrogen-bond donors (Lipinski definition) is 1. The van der Waals surface area contributed by atoms with Gasteiger partial charge in [0.2, 0.25) is 0 Å². The van der Waals surface area contributed by atoms with Crippen LogP contribution in [0.3, 0.4) is 0 Å². The molecule has 0 unspecified atom stereocenters. The van der Waals surface area contributed by atoms with Gasteiger partial charge in [-0.1, -0.05) is 42.5 Å². The van der Waals surface area contributed by atoms with Gasteiger partial charge in [0.1, 0.15) is 0 Å². The second kappa shape index (κ2) is 6.24. The average Bonchev–Trinajstić information content (AvgIpc) is 3.10. The van der Waals surface area contributed by atoms with E-state index in [4.69, 9.17) is 0 Å². The van der Waals surface area contributed by atoms with E-state index in [1.807, 2.05) is 36.5 Å². The molecule has 1 heterocycles. The van der Waals surface area contributed by atoms with Crippen LogP contribution in [0.4, 0.5) is 5.69 Å². The summed E-state index contributed by atoms with van der Waals surface area (Å²) in [5.74, 6) is 0. The zero-order valence-corrected chi connectivity index (χ0v) is 13.5. The summed E-state index contributed by atoms with van der Waals surface area (Å²) in [5.41, 5.74) is 5.35. The zero-order valence-electron chi connectivity index (χ0n) is 13.5. The predicted molar refractivity (Wildman–Crippen MR) is 99.6 cm³/mol. The summed E-state index contributed by atoms with van der Waals surface area (Å²) in [6, 6.07) is 23.4. The van der Waals surface area contributed by atoms with E-state index in [1.54, 1.807) is 12.1 Å². The van der Waals surface area contributed by atoms with Gasteiger partial charge < -0.3 is 4.98 Å². The van der Waals surface area contributed by atoms with Crippen molar-refractivity contribution in [1.82, 2.24) is 4.98 Å². The lowest BCUT2D eigenvalue weighted by atomic mass is 9.96. The molecule has 1 aromatic heterocycles. The maximum atomic E-state index is 11.1. The molecule has 1 N–H and O–H groups in total. The second-order valence-corrected chi connectivity index (χ2v) is 6.06. The highest BCUT2D eigenvalue weighted by atomic mass is 16.6. The normalized spacial score (nSPS) is 10.9. The summed E-state index contributed by atoms with van der Waals surface area (Å²) in [7, 11) is 0. The van der Waals surface area contributed by atoms with Gasteiger partial charge >= 0.3 is 0 Å². The fourth-order valence-corrected chi connectivity index (χ4v) is 3.18. The Morgan fingerprint density at radius 3 is 2.52 bits per heavy atom.